The predicted molar refractivity (Wildman–Crippen MR) is 103 cm³/mol. The highest BCUT2D eigenvalue weighted by Gasteiger charge is 2.26. The minimum atomic E-state index is -0.501. The van der Waals surface area contributed by atoms with Crippen molar-refractivity contribution >= 4 is 17.5 Å². The monoisotopic (exact) mass is 373 g/mol. The van der Waals surface area contributed by atoms with Gasteiger partial charge < -0.3 is 21.1 Å². The molecule has 3 rings (SSSR count). The molecule has 2 heterocycles. The van der Waals surface area contributed by atoms with Gasteiger partial charge in [-0.2, -0.15) is 10.2 Å². The second-order valence-electron chi connectivity index (χ2n) is 7.80. The number of nitrogen functional groups attached to an aromatic ring is 1. The third-order valence-corrected chi connectivity index (χ3v) is 4.30. The van der Waals surface area contributed by atoms with Crippen LogP contribution in [0.15, 0.2) is 24.7 Å². The van der Waals surface area contributed by atoms with Gasteiger partial charge in [0.15, 0.2) is 5.82 Å². The van der Waals surface area contributed by atoms with Crippen molar-refractivity contribution in [3.05, 3.63) is 24.7 Å². The molecule has 1 saturated carbocycles. The number of carbonyl (C=O) groups excluding carboxylic acids is 1. The smallest absolute Gasteiger partial charge is 0.407 e. The van der Waals surface area contributed by atoms with Crippen molar-refractivity contribution in [1.82, 2.24) is 25.3 Å². The van der Waals surface area contributed by atoms with Crippen LogP contribution >= 0.6 is 0 Å². The number of nitrogens with two attached hydrogens (primary N) is 1. The van der Waals surface area contributed by atoms with Crippen molar-refractivity contribution in [3.63, 3.8) is 0 Å². The third-order valence-electron chi connectivity index (χ3n) is 4.30. The highest BCUT2D eigenvalue weighted by Crippen LogP contribution is 2.26. The van der Waals surface area contributed by atoms with Crippen molar-refractivity contribution in [3.8, 4) is 5.82 Å². The first-order valence-electron chi connectivity index (χ1n) is 9.18. The van der Waals surface area contributed by atoms with Gasteiger partial charge >= 0.3 is 6.09 Å². The molecule has 0 aromatic carbocycles. The average Bonchev–Trinajstić information content (AvgIpc) is 3.10. The lowest BCUT2D eigenvalue weighted by molar-refractivity contribution is 0.0492. The maximum Gasteiger partial charge on any atom is 0.407 e. The standard InChI is InChI=1S/C18H27N7O2/c1-18(2,3)27-17(26)24-13-6-4-5-12(9-13)23-15-10-16(20-11-14(15)19)25-21-7-8-22-25/h7-8,10-13H,4-6,9,19H2,1-3H3,(H,20,23)(H,24,26)/t12?,13-/m0/s1. The summed E-state index contributed by atoms with van der Waals surface area (Å²) < 4.78 is 5.35. The molecule has 2 aromatic rings. The van der Waals surface area contributed by atoms with Gasteiger partial charge in [0.1, 0.15) is 5.60 Å². The first kappa shape index (κ1) is 18.9. The molecule has 1 fully saturated rings. The van der Waals surface area contributed by atoms with Crippen LogP contribution in [-0.2, 0) is 4.74 Å². The van der Waals surface area contributed by atoms with E-state index in [2.05, 4.69) is 25.8 Å². The molecule has 0 spiro atoms. The van der Waals surface area contributed by atoms with E-state index in [1.807, 2.05) is 26.8 Å². The summed E-state index contributed by atoms with van der Waals surface area (Å²) in [5.41, 5.74) is 6.93. The van der Waals surface area contributed by atoms with Gasteiger partial charge in [0.25, 0.3) is 0 Å². The highest BCUT2D eigenvalue weighted by atomic mass is 16.6. The number of alkyl carbamates (subject to hydrolysis) is 1. The number of aromatic nitrogens is 4. The molecule has 27 heavy (non-hydrogen) atoms. The second kappa shape index (κ2) is 7.81. The number of ether oxygens (including phenoxy) is 1. The van der Waals surface area contributed by atoms with E-state index in [0.717, 1.165) is 31.4 Å². The first-order valence-corrected chi connectivity index (χ1v) is 9.18. The Hall–Kier alpha value is -2.84. The number of pyridine rings is 1. The molecule has 9 heteroatoms. The maximum atomic E-state index is 12.0. The van der Waals surface area contributed by atoms with Crippen LogP contribution in [0.4, 0.5) is 16.2 Å². The average molecular weight is 373 g/mol. The van der Waals surface area contributed by atoms with Crippen LogP contribution in [0.1, 0.15) is 46.5 Å². The number of nitrogens with zero attached hydrogens (tertiary/aromatic N) is 4. The zero-order valence-corrected chi connectivity index (χ0v) is 16.0. The zero-order chi connectivity index (χ0) is 19.4. The first-order chi connectivity index (χ1) is 12.8. The van der Waals surface area contributed by atoms with Gasteiger partial charge in [-0.1, -0.05) is 0 Å². The maximum absolute atomic E-state index is 12.0. The summed E-state index contributed by atoms with van der Waals surface area (Å²) >= 11 is 0. The molecule has 1 aliphatic carbocycles. The molecule has 1 unspecified atom stereocenters. The zero-order valence-electron chi connectivity index (χ0n) is 16.0. The third kappa shape index (κ3) is 5.32. The molecular weight excluding hydrogens is 346 g/mol. The van der Waals surface area contributed by atoms with E-state index in [1.165, 1.54) is 4.80 Å². The van der Waals surface area contributed by atoms with E-state index in [4.69, 9.17) is 10.5 Å². The minimum absolute atomic E-state index is 0.0708. The Morgan fingerprint density at radius 1 is 1.26 bits per heavy atom. The molecule has 9 nitrogen and oxygen atoms in total. The van der Waals surface area contributed by atoms with Crippen molar-refractivity contribution in [1.29, 1.82) is 0 Å². The number of nitrogens with one attached hydrogen (secondary N) is 2. The Kier molecular flexibility index (Phi) is 5.48. The lowest BCUT2D eigenvalue weighted by atomic mass is 9.91. The topological polar surface area (TPSA) is 120 Å². The molecule has 0 radical (unpaired) electrons. The Balaban J connectivity index is 1.62. The summed E-state index contributed by atoms with van der Waals surface area (Å²) in [6.07, 6.45) is 8.17. The van der Waals surface area contributed by atoms with Crippen LogP contribution in [0.25, 0.3) is 5.82 Å². The van der Waals surface area contributed by atoms with Gasteiger partial charge in [-0.25, -0.2) is 9.78 Å². The highest BCUT2D eigenvalue weighted by molar-refractivity contribution is 5.68. The van der Waals surface area contributed by atoms with Gasteiger partial charge in [0, 0.05) is 18.2 Å². The fourth-order valence-corrected chi connectivity index (χ4v) is 3.17. The summed E-state index contributed by atoms with van der Waals surface area (Å²) in [5.74, 6) is 0.593. The number of anilines is 2. The Bertz CT molecular complexity index is 771. The lowest BCUT2D eigenvalue weighted by Crippen LogP contribution is -2.43. The number of hydrogen-bond acceptors (Lipinski definition) is 7. The van der Waals surface area contributed by atoms with E-state index < -0.39 is 5.60 Å². The van der Waals surface area contributed by atoms with Gasteiger partial charge in [-0.15, -0.1) is 4.80 Å². The molecule has 4 N–H and O–H groups in total. The SMILES string of the molecule is CC(C)(C)OC(=O)N[C@H]1CCCC(Nc2cc(-n3nccn3)ncc2N)C1. The Labute approximate surface area is 158 Å². The van der Waals surface area contributed by atoms with Crippen molar-refractivity contribution in [2.45, 2.75) is 64.1 Å². The van der Waals surface area contributed by atoms with E-state index in [0.29, 0.717) is 11.5 Å². The molecule has 0 aliphatic heterocycles. The summed E-state index contributed by atoms with van der Waals surface area (Å²) in [6, 6.07) is 2.10. The van der Waals surface area contributed by atoms with Crippen molar-refractivity contribution < 1.29 is 9.53 Å². The summed E-state index contributed by atoms with van der Waals surface area (Å²) in [6.45, 7) is 5.57. The molecule has 146 valence electrons. The van der Waals surface area contributed by atoms with Crippen LogP contribution in [0.5, 0.6) is 0 Å². The number of rotatable bonds is 4. The molecule has 0 saturated heterocycles. The number of hydrogen-bond donors (Lipinski definition) is 3. The van der Waals surface area contributed by atoms with Crippen LogP contribution < -0.4 is 16.4 Å². The molecular formula is C18H27N7O2. The molecule has 1 aliphatic rings. The number of carbonyl (C=O) groups is 1. The molecule has 2 aromatic heterocycles. The fourth-order valence-electron chi connectivity index (χ4n) is 3.17. The molecule has 0 bridgehead atoms. The molecule has 2 atom stereocenters. The van der Waals surface area contributed by atoms with Crippen LogP contribution in [0.3, 0.4) is 0 Å². The minimum Gasteiger partial charge on any atom is -0.444 e. The van der Waals surface area contributed by atoms with E-state index in [9.17, 15) is 4.79 Å². The van der Waals surface area contributed by atoms with Gasteiger partial charge in [-0.05, 0) is 46.5 Å². The van der Waals surface area contributed by atoms with Gasteiger partial charge in [-0.3, -0.25) is 0 Å². The van der Waals surface area contributed by atoms with Gasteiger partial charge in [0.2, 0.25) is 0 Å². The fraction of sp³-hybridized carbons (Fsp3) is 0.556. The van der Waals surface area contributed by atoms with Crippen LogP contribution in [0, 0.1) is 0 Å². The van der Waals surface area contributed by atoms with E-state index >= 15 is 0 Å². The Morgan fingerprint density at radius 2 is 1.96 bits per heavy atom. The van der Waals surface area contributed by atoms with Crippen molar-refractivity contribution in [2.24, 2.45) is 0 Å². The van der Waals surface area contributed by atoms with Crippen LogP contribution in [0.2, 0.25) is 0 Å². The summed E-state index contributed by atoms with van der Waals surface area (Å²) in [5, 5.41) is 14.6. The van der Waals surface area contributed by atoms with Crippen molar-refractivity contribution in [2.75, 3.05) is 11.1 Å². The predicted octanol–water partition coefficient (Wildman–Crippen LogP) is 2.49. The normalized spacial score (nSPS) is 20.1. The van der Waals surface area contributed by atoms with E-state index in [1.54, 1.807) is 18.6 Å². The largest absolute Gasteiger partial charge is 0.444 e. The Morgan fingerprint density at radius 3 is 2.67 bits per heavy atom. The van der Waals surface area contributed by atoms with Crippen LogP contribution in [-0.4, -0.2) is 43.8 Å². The summed E-state index contributed by atoms with van der Waals surface area (Å²) in [4.78, 5) is 17.7. The lowest BCUT2D eigenvalue weighted by Gasteiger charge is -2.32. The quantitative estimate of drug-likeness (QED) is 0.753. The number of amides is 1. The van der Waals surface area contributed by atoms with Gasteiger partial charge in [0.05, 0.1) is 30.0 Å². The second-order valence-corrected chi connectivity index (χ2v) is 7.80. The van der Waals surface area contributed by atoms with E-state index in [-0.39, 0.29) is 18.2 Å². The summed E-state index contributed by atoms with van der Waals surface area (Å²) in [7, 11) is 0. The molecule has 1 amide bonds.